The molecule has 1 aromatic carbocycles. The zero-order chi connectivity index (χ0) is 16.4. The van der Waals surface area contributed by atoms with Crippen LogP contribution in [0.4, 0.5) is 0 Å². The molecule has 1 aromatic rings. The smallest absolute Gasteiger partial charge is 0.305 e. The molecule has 0 aromatic heterocycles. The van der Waals surface area contributed by atoms with E-state index in [0.29, 0.717) is 25.1 Å². The van der Waals surface area contributed by atoms with Crippen LogP contribution >= 0.6 is 0 Å². The van der Waals surface area contributed by atoms with Crippen LogP contribution < -0.4 is 5.32 Å². The van der Waals surface area contributed by atoms with Crippen molar-refractivity contribution in [2.45, 2.75) is 38.8 Å². The van der Waals surface area contributed by atoms with Gasteiger partial charge in [0.1, 0.15) is 6.61 Å². The number of piperazine rings is 1. The number of benzene rings is 1. The average Bonchev–Trinajstić information content (AvgIpc) is 2.54. The Labute approximate surface area is 138 Å². The Morgan fingerprint density at radius 1 is 1.30 bits per heavy atom. The van der Waals surface area contributed by atoms with Gasteiger partial charge in [0.15, 0.2) is 0 Å². The average molecular weight is 314 g/mol. The van der Waals surface area contributed by atoms with Gasteiger partial charge in [-0.25, -0.2) is 0 Å². The van der Waals surface area contributed by atoms with Gasteiger partial charge in [0.2, 0.25) is 0 Å². The summed E-state index contributed by atoms with van der Waals surface area (Å²) >= 11 is 0. The molecule has 4 nitrogen and oxygen atoms in total. The number of hydrogen-bond acceptors (Lipinski definition) is 4. The van der Waals surface area contributed by atoms with E-state index in [9.17, 15) is 4.79 Å². The van der Waals surface area contributed by atoms with Crippen LogP contribution in [0.1, 0.15) is 30.9 Å². The van der Waals surface area contributed by atoms with Crippen LogP contribution in [0, 0.1) is 6.92 Å². The van der Waals surface area contributed by atoms with Crippen LogP contribution in [0.2, 0.25) is 0 Å². The number of hydrogen-bond donors (Lipinski definition) is 1. The van der Waals surface area contributed by atoms with E-state index in [0.717, 1.165) is 19.5 Å². The third-order valence-electron chi connectivity index (χ3n) is 5.09. The Bertz CT molecular complexity index is 606. The van der Waals surface area contributed by atoms with Crippen molar-refractivity contribution in [2.24, 2.45) is 0 Å². The number of carbonyl (C=O) groups excluding carboxylic acids is 1. The van der Waals surface area contributed by atoms with Crippen LogP contribution in [-0.2, 0) is 9.53 Å². The number of ether oxygens (including phenoxy) is 1. The predicted octanol–water partition coefficient (Wildman–Crippen LogP) is 2.38. The fraction of sp³-hybridized carbons (Fsp3) is 0.526. The number of nitrogens with one attached hydrogen (secondary N) is 1. The number of esters is 1. The van der Waals surface area contributed by atoms with Crippen molar-refractivity contribution in [2.75, 3.05) is 26.7 Å². The quantitative estimate of drug-likeness (QED) is 0.867. The number of rotatable bonds is 4. The summed E-state index contributed by atoms with van der Waals surface area (Å²) in [5.41, 5.74) is 5.15. The van der Waals surface area contributed by atoms with Gasteiger partial charge < -0.3 is 10.1 Å². The number of aryl methyl sites for hydroxylation is 1. The minimum Gasteiger partial charge on any atom is -0.461 e. The summed E-state index contributed by atoms with van der Waals surface area (Å²) in [5.74, 6) is -0.130. The van der Waals surface area contributed by atoms with Gasteiger partial charge in [0, 0.05) is 31.6 Å². The molecule has 1 N–H and O–H groups in total. The molecule has 2 unspecified atom stereocenters. The van der Waals surface area contributed by atoms with Crippen molar-refractivity contribution in [3.8, 4) is 0 Å². The summed E-state index contributed by atoms with van der Waals surface area (Å²) in [7, 11) is 2.18. The van der Waals surface area contributed by atoms with E-state index < -0.39 is 0 Å². The van der Waals surface area contributed by atoms with Crippen molar-refractivity contribution >= 4 is 11.5 Å². The molecule has 1 saturated heterocycles. The van der Waals surface area contributed by atoms with Crippen LogP contribution in [-0.4, -0.2) is 49.7 Å². The van der Waals surface area contributed by atoms with E-state index in [1.165, 1.54) is 22.3 Å². The second kappa shape index (κ2) is 6.85. The van der Waals surface area contributed by atoms with Gasteiger partial charge in [-0.3, -0.25) is 9.69 Å². The van der Waals surface area contributed by atoms with Gasteiger partial charge in [-0.05, 0) is 37.1 Å². The first kappa shape index (κ1) is 16.2. The molecule has 23 heavy (non-hydrogen) atoms. The van der Waals surface area contributed by atoms with E-state index in [4.69, 9.17) is 4.74 Å². The van der Waals surface area contributed by atoms with Crippen molar-refractivity contribution in [1.29, 1.82) is 0 Å². The minimum atomic E-state index is -0.130. The van der Waals surface area contributed by atoms with Gasteiger partial charge >= 0.3 is 5.97 Å². The highest BCUT2D eigenvalue weighted by atomic mass is 16.5. The molecular formula is C19H26N2O2. The Balaban J connectivity index is 1.96. The third-order valence-corrected chi connectivity index (χ3v) is 5.09. The van der Waals surface area contributed by atoms with Gasteiger partial charge in [-0.15, -0.1) is 0 Å². The zero-order valence-electron chi connectivity index (χ0n) is 14.3. The molecule has 124 valence electrons. The molecule has 0 spiro atoms. The SMILES string of the molecule is CCC(=O)OCC1=C(c2ccc(C)cc2)CC2CNCC1N2C. The summed E-state index contributed by atoms with van der Waals surface area (Å²) in [6.45, 7) is 6.28. The minimum absolute atomic E-state index is 0.130. The van der Waals surface area contributed by atoms with Crippen LogP contribution in [0.15, 0.2) is 29.8 Å². The Kier molecular flexibility index (Phi) is 4.83. The summed E-state index contributed by atoms with van der Waals surface area (Å²) in [4.78, 5) is 14.1. The van der Waals surface area contributed by atoms with Crippen molar-refractivity contribution in [3.05, 3.63) is 41.0 Å². The molecule has 2 heterocycles. The number of fused-ring (bicyclic) bond motifs is 2. The fourth-order valence-corrected chi connectivity index (χ4v) is 3.58. The second-order valence-electron chi connectivity index (χ2n) is 6.58. The molecule has 0 radical (unpaired) electrons. The summed E-state index contributed by atoms with van der Waals surface area (Å²) < 4.78 is 5.49. The highest BCUT2D eigenvalue weighted by Crippen LogP contribution is 2.35. The highest BCUT2D eigenvalue weighted by molar-refractivity contribution is 5.73. The monoisotopic (exact) mass is 314 g/mol. The number of likely N-dealkylation sites (N-methyl/N-ethyl adjacent to an activating group) is 1. The molecule has 2 bridgehead atoms. The Morgan fingerprint density at radius 2 is 2.04 bits per heavy atom. The van der Waals surface area contributed by atoms with Crippen LogP contribution in [0.25, 0.3) is 5.57 Å². The Morgan fingerprint density at radius 3 is 2.74 bits per heavy atom. The lowest BCUT2D eigenvalue weighted by atomic mass is 9.83. The maximum absolute atomic E-state index is 11.6. The largest absolute Gasteiger partial charge is 0.461 e. The van der Waals surface area contributed by atoms with Crippen LogP contribution in [0.5, 0.6) is 0 Å². The predicted molar refractivity (Wildman–Crippen MR) is 92.2 cm³/mol. The molecule has 0 saturated carbocycles. The van der Waals surface area contributed by atoms with Crippen molar-refractivity contribution < 1.29 is 9.53 Å². The second-order valence-corrected chi connectivity index (χ2v) is 6.58. The van der Waals surface area contributed by atoms with Gasteiger partial charge in [0.25, 0.3) is 0 Å². The fourth-order valence-electron chi connectivity index (χ4n) is 3.58. The topological polar surface area (TPSA) is 41.6 Å². The van der Waals surface area contributed by atoms with Crippen molar-refractivity contribution in [1.82, 2.24) is 10.2 Å². The summed E-state index contributed by atoms with van der Waals surface area (Å²) in [5, 5.41) is 3.51. The highest BCUT2D eigenvalue weighted by Gasteiger charge is 2.37. The van der Waals surface area contributed by atoms with Gasteiger partial charge in [-0.1, -0.05) is 36.8 Å². The summed E-state index contributed by atoms with van der Waals surface area (Å²) in [6.07, 6.45) is 1.43. The first-order chi connectivity index (χ1) is 11.1. The molecule has 2 atom stereocenters. The molecule has 1 fully saturated rings. The van der Waals surface area contributed by atoms with E-state index in [-0.39, 0.29) is 5.97 Å². The normalized spacial score (nSPS) is 24.7. The van der Waals surface area contributed by atoms with Gasteiger partial charge in [-0.2, -0.15) is 0 Å². The van der Waals surface area contributed by atoms with E-state index in [1.807, 2.05) is 6.92 Å². The molecule has 0 amide bonds. The summed E-state index contributed by atoms with van der Waals surface area (Å²) in [6, 6.07) is 9.52. The molecular weight excluding hydrogens is 288 g/mol. The van der Waals surface area contributed by atoms with Gasteiger partial charge in [0.05, 0.1) is 0 Å². The third kappa shape index (κ3) is 3.33. The first-order valence-corrected chi connectivity index (χ1v) is 8.47. The number of nitrogens with zero attached hydrogens (tertiary/aromatic N) is 1. The molecule has 2 aliphatic rings. The van der Waals surface area contributed by atoms with E-state index in [1.54, 1.807) is 0 Å². The van der Waals surface area contributed by atoms with E-state index in [2.05, 4.69) is 48.5 Å². The molecule has 0 aliphatic carbocycles. The molecule has 2 aliphatic heterocycles. The lowest BCUT2D eigenvalue weighted by molar-refractivity contribution is -0.142. The first-order valence-electron chi connectivity index (χ1n) is 8.47. The maximum Gasteiger partial charge on any atom is 0.305 e. The standard InChI is InChI=1S/C19H26N2O2/c1-4-19(22)23-12-17-16(14-7-5-13(2)6-8-14)9-15-10-20-11-18(17)21(15)3/h5-8,15,18,20H,4,9-12H2,1-3H3. The Hall–Kier alpha value is -1.65. The van der Waals surface area contributed by atoms with Crippen LogP contribution in [0.3, 0.4) is 0 Å². The molecule has 4 heteroatoms. The number of carbonyl (C=O) groups is 1. The van der Waals surface area contributed by atoms with E-state index >= 15 is 0 Å². The lowest BCUT2D eigenvalue weighted by Crippen LogP contribution is -2.59. The lowest BCUT2D eigenvalue weighted by Gasteiger charge is -2.46. The maximum atomic E-state index is 11.6. The zero-order valence-corrected chi connectivity index (χ0v) is 14.3. The van der Waals surface area contributed by atoms with Crippen molar-refractivity contribution in [3.63, 3.8) is 0 Å². The molecule has 3 rings (SSSR count).